The van der Waals surface area contributed by atoms with E-state index in [4.69, 9.17) is 21.3 Å². The van der Waals surface area contributed by atoms with E-state index in [0.29, 0.717) is 22.5 Å². The summed E-state index contributed by atoms with van der Waals surface area (Å²) in [5.41, 5.74) is 2.19. The molecule has 4 aromatic rings. The Morgan fingerprint density at radius 1 is 1.13 bits per heavy atom. The van der Waals surface area contributed by atoms with E-state index in [1.807, 2.05) is 16.5 Å². The molecule has 154 valence electrons. The number of benzene rings is 1. The Morgan fingerprint density at radius 2 is 1.93 bits per heavy atom. The van der Waals surface area contributed by atoms with Gasteiger partial charge in [-0.25, -0.2) is 19.3 Å². The Kier molecular flexibility index (Phi) is 4.67. The molecular weight excluding hydrogens is 407 g/mol. The molecule has 1 aliphatic heterocycles. The summed E-state index contributed by atoms with van der Waals surface area (Å²) in [5.74, 6) is 0.861. The second kappa shape index (κ2) is 7.37. The minimum absolute atomic E-state index is 0.134. The third-order valence-corrected chi connectivity index (χ3v) is 5.45. The molecule has 4 heterocycles. The summed E-state index contributed by atoms with van der Waals surface area (Å²) in [4.78, 5) is 16.0. The van der Waals surface area contributed by atoms with Crippen LogP contribution in [-0.4, -0.2) is 44.7 Å². The van der Waals surface area contributed by atoms with Crippen LogP contribution in [0.5, 0.6) is 0 Å². The van der Waals surface area contributed by atoms with Gasteiger partial charge in [-0.1, -0.05) is 17.7 Å². The maximum atomic E-state index is 14.3. The summed E-state index contributed by atoms with van der Waals surface area (Å²) in [6.07, 6.45) is 3.61. The maximum absolute atomic E-state index is 14.3. The van der Waals surface area contributed by atoms with Crippen molar-refractivity contribution in [3.8, 4) is 0 Å². The first-order valence-electron chi connectivity index (χ1n) is 9.74. The van der Waals surface area contributed by atoms with Crippen LogP contribution in [0.2, 0.25) is 5.02 Å². The van der Waals surface area contributed by atoms with Crippen molar-refractivity contribution >= 4 is 45.6 Å². The van der Waals surface area contributed by atoms with Gasteiger partial charge in [0.1, 0.15) is 29.0 Å². The average Bonchev–Trinajstić information content (AvgIpc) is 3.20. The number of halogens is 2. The highest BCUT2D eigenvalue weighted by Crippen LogP contribution is 2.31. The molecule has 2 atom stereocenters. The van der Waals surface area contributed by atoms with Gasteiger partial charge in [0.25, 0.3) is 0 Å². The number of anilines is 3. The minimum Gasteiger partial charge on any atom is -0.372 e. The van der Waals surface area contributed by atoms with Gasteiger partial charge < -0.3 is 15.0 Å². The monoisotopic (exact) mass is 426 g/mol. The summed E-state index contributed by atoms with van der Waals surface area (Å²) in [6, 6.07) is 8.39. The minimum atomic E-state index is -0.453. The molecular formula is C21H20ClFN6O. The van der Waals surface area contributed by atoms with Crippen LogP contribution in [-0.2, 0) is 4.74 Å². The molecule has 3 aromatic heterocycles. The molecule has 1 aliphatic rings. The molecule has 1 saturated heterocycles. The average molecular weight is 427 g/mol. The van der Waals surface area contributed by atoms with Crippen molar-refractivity contribution < 1.29 is 9.13 Å². The van der Waals surface area contributed by atoms with E-state index >= 15 is 0 Å². The quantitative estimate of drug-likeness (QED) is 0.522. The number of fused-ring (bicyclic) bond motifs is 3. The van der Waals surface area contributed by atoms with E-state index in [9.17, 15) is 4.39 Å². The number of aromatic nitrogens is 4. The van der Waals surface area contributed by atoms with Gasteiger partial charge >= 0.3 is 0 Å². The largest absolute Gasteiger partial charge is 0.372 e. The SMILES string of the molecule is CC1CN(c2ccc3nc(Nc4c(F)cccc4Cl)c4cncn4c3n2)CC(C)O1. The standard InChI is InChI=1S/C21H20ClFN6O/c1-12-9-28(10-13(2)30-12)18-7-6-16-21(26-18)29-11-24-8-17(29)20(25-16)27-19-14(22)4-3-5-15(19)23/h3-8,11-13H,9-10H2,1-2H3,(H,25,27). The number of ether oxygens (including phenoxy) is 1. The number of hydrogen-bond donors (Lipinski definition) is 1. The van der Waals surface area contributed by atoms with Crippen molar-refractivity contribution in [1.29, 1.82) is 0 Å². The predicted octanol–water partition coefficient (Wildman–Crippen LogP) is 4.43. The van der Waals surface area contributed by atoms with Crippen molar-refractivity contribution in [2.75, 3.05) is 23.3 Å². The van der Waals surface area contributed by atoms with Gasteiger partial charge in [-0.2, -0.15) is 0 Å². The van der Waals surface area contributed by atoms with Crippen molar-refractivity contribution in [3.05, 3.63) is 53.7 Å². The fraction of sp³-hybridized carbons (Fsp3) is 0.286. The molecule has 7 nitrogen and oxygen atoms in total. The fourth-order valence-corrected chi connectivity index (χ4v) is 4.09. The van der Waals surface area contributed by atoms with E-state index in [1.165, 1.54) is 6.07 Å². The van der Waals surface area contributed by atoms with Gasteiger partial charge in [0.2, 0.25) is 0 Å². The van der Waals surface area contributed by atoms with Crippen LogP contribution in [0.3, 0.4) is 0 Å². The van der Waals surface area contributed by atoms with E-state index < -0.39 is 5.82 Å². The van der Waals surface area contributed by atoms with Crippen LogP contribution in [0.15, 0.2) is 42.9 Å². The normalized spacial score (nSPS) is 19.5. The van der Waals surface area contributed by atoms with Gasteiger partial charge in [0, 0.05) is 13.1 Å². The Labute approximate surface area is 177 Å². The molecule has 30 heavy (non-hydrogen) atoms. The maximum Gasteiger partial charge on any atom is 0.166 e. The first-order valence-corrected chi connectivity index (χ1v) is 10.1. The van der Waals surface area contributed by atoms with E-state index in [1.54, 1.807) is 24.7 Å². The first-order chi connectivity index (χ1) is 14.5. The van der Waals surface area contributed by atoms with E-state index in [2.05, 4.69) is 34.0 Å². The number of nitrogens with zero attached hydrogens (tertiary/aromatic N) is 5. The molecule has 0 aliphatic carbocycles. The zero-order chi connectivity index (χ0) is 20.8. The highest BCUT2D eigenvalue weighted by molar-refractivity contribution is 6.33. The van der Waals surface area contributed by atoms with Crippen molar-refractivity contribution in [2.24, 2.45) is 0 Å². The number of pyridine rings is 1. The number of para-hydroxylation sites is 1. The highest BCUT2D eigenvalue weighted by atomic mass is 35.5. The highest BCUT2D eigenvalue weighted by Gasteiger charge is 2.24. The Bertz CT molecular complexity index is 1210. The van der Waals surface area contributed by atoms with Gasteiger partial charge in [0.15, 0.2) is 11.5 Å². The topological polar surface area (TPSA) is 67.6 Å². The molecule has 0 radical (unpaired) electrons. The second-order valence-electron chi connectivity index (χ2n) is 7.51. The number of hydrogen-bond acceptors (Lipinski definition) is 6. The van der Waals surface area contributed by atoms with Crippen LogP contribution in [0.1, 0.15) is 13.8 Å². The van der Waals surface area contributed by atoms with Gasteiger partial charge in [-0.15, -0.1) is 0 Å². The summed E-state index contributed by atoms with van der Waals surface area (Å²) in [5, 5.41) is 3.29. The van der Waals surface area contributed by atoms with E-state index in [-0.39, 0.29) is 22.9 Å². The summed E-state index contributed by atoms with van der Waals surface area (Å²) in [7, 11) is 0. The number of morpholine rings is 1. The van der Waals surface area contributed by atoms with Gasteiger partial charge in [-0.05, 0) is 38.1 Å². The number of imidazole rings is 1. The predicted molar refractivity (Wildman–Crippen MR) is 115 cm³/mol. The summed E-state index contributed by atoms with van der Waals surface area (Å²) < 4.78 is 21.9. The Morgan fingerprint density at radius 3 is 2.70 bits per heavy atom. The van der Waals surface area contributed by atoms with Crippen LogP contribution in [0.25, 0.3) is 16.7 Å². The molecule has 1 fully saturated rings. The van der Waals surface area contributed by atoms with E-state index in [0.717, 1.165) is 18.9 Å². The second-order valence-corrected chi connectivity index (χ2v) is 7.91. The number of rotatable bonds is 3. The molecule has 9 heteroatoms. The third kappa shape index (κ3) is 3.32. The molecule has 0 amide bonds. The molecule has 0 saturated carbocycles. The zero-order valence-corrected chi connectivity index (χ0v) is 17.3. The molecule has 0 bridgehead atoms. The van der Waals surface area contributed by atoms with Crippen molar-refractivity contribution in [1.82, 2.24) is 19.4 Å². The van der Waals surface area contributed by atoms with Crippen LogP contribution in [0.4, 0.5) is 21.7 Å². The third-order valence-electron chi connectivity index (χ3n) is 5.13. The smallest absolute Gasteiger partial charge is 0.166 e. The lowest BCUT2D eigenvalue weighted by Gasteiger charge is -2.36. The molecule has 1 N–H and O–H groups in total. The molecule has 5 rings (SSSR count). The lowest BCUT2D eigenvalue weighted by molar-refractivity contribution is -0.00544. The summed E-state index contributed by atoms with van der Waals surface area (Å²) >= 11 is 6.17. The van der Waals surface area contributed by atoms with Gasteiger partial charge in [0.05, 0.1) is 29.1 Å². The Hall–Kier alpha value is -2.97. The first kappa shape index (κ1) is 19.0. The van der Waals surface area contributed by atoms with Crippen molar-refractivity contribution in [2.45, 2.75) is 26.1 Å². The zero-order valence-electron chi connectivity index (χ0n) is 16.5. The summed E-state index contributed by atoms with van der Waals surface area (Å²) in [6.45, 7) is 5.67. The molecule has 1 aromatic carbocycles. The Balaban J connectivity index is 1.59. The van der Waals surface area contributed by atoms with Crippen LogP contribution in [0, 0.1) is 5.82 Å². The molecule has 2 unspecified atom stereocenters. The van der Waals surface area contributed by atoms with Gasteiger partial charge in [-0.3, -0.25) is 4.40 Å². The number of nitrogens with one attached hydrogen (secondary N) is 1. The van der Waals surface area contributed by atoms with Crippen LogP contribution >= 0.6 is 11.6 Å². The lowest BCUT2D eigenvalue weighted by Crippen LogP contribution is -2.45. The van der Waals surface area contributed by atoms with Crippen molar-refractivity contribution in [3.63, 3.8) is 0 Å². The molecule has 0 spiro atoms. The fourth-order valence-electron chi connectivity index (χ4n) is 3.88. The lowest BCUT2D eigenvalue weighted by atomic mass is 10.2. The van der Waals surface area contributed by atoms with Crippen LogP contribution < -0.4 is 10.2 Å².